The zero-order valence-corrected chi connectivity index (χ0v) is 14.3. The summed E-state index contributed by atoms with van der Waals surface area (Å²) in [5.74, 6) is 0.829. The van der Waals surface area contributed by atoms with Gasteiger partial charge in [-0.05, 0) is 56.3 Å². The summed E-state index contributed by atoms with van der Waals surface area (Å²) in [6.45, 7) is 12.8. The summed E-state index contributed by atoms with van der Waals surface area (Å²) in [6, 6.07) is 0. The average molecular weight is 304 g/mol. The number of rotatable bonds is 5. The Morgan fingerprint density at radius 3 is 2.59 bits per heavy atom. The lowest BCUT2D eigenvalue weighted by atomic mass is 9.46. The highest BCUT2D eigenvalue weighted by atomic mass is 16.3. The zero-order valence-electron chi connectivity index (χ0n) is 14.3. The van der Waals surface area contributed by atoms with Gasteiger partial charge in [0.1, 0.15) is 0 Å². The standard InChI is InChI=1S/C20H32O2/c1-5-15(2)7-9-17-16(3)8-10-18-19(17,4)11-6-12-20(18,13-21)14-22/h5,7,17-18,21-22H,1,3,6,8-14H2,2,4H3. The summed E-state index contributed by atoms with van der Waals surface area (Å²) >= 11 is 0. The number of aliphatic hydroxyl groups is 2. The average Bonchev–Trinajstić information content (AvgIpc) is 2.52. The molecule has 0 bridgehead atoms. The molecule has 0 aromatic heterocycles. The van der Waals surface area contributed by atoms with Gasteiger partial charge < -0.3 is 10.2 Å². The summed E-state index contributed by atoms with van der Waals surface area (Å²) in [7, 11) is 0. The van der Waals surface area contributed by atoms with Gasteiger partial charge in [0.05, 0.1) is 13.2 Å². The second-order valence-corrected chi connectivity index (χ2v) is 7.73. The molecule has 22 heavy (non-hydrogen) atoms. The highest BCUT2D eigenvalue weighted by Gasteiger charge is 2.55. The number of fused-ring (bicyclic) bond motifs is 1. The van der Waals surface area contributed by atoms with Crippen LogP contribution in [-0.4, -0.2) is 23.4 Å². The number of hydrogen-bond acceptors (Lipinski definition) is 2. The van der Waals surface area contributed by atoms with E-state index in [1.807, 2.05) is 6.08 Å². The van der Waals surface area contributed by atoms with Crippen LogP contribution >= 0.6 is 0 Å². The van der Waals surface area contributed by atoms with Crippen LogP contribution in [0.1, 0.15) is 52.4 Å². The molecule has 0 amide bonds. The maximum atomic E-state index is 10.00. The lowest BCUT2D eigenvalue weighted by Gasteiger charge is -2.58. The molecule has 2 aliphatic rings. The molecule has 2 N–H and O–H groups in total. The Morgan fingerprint density at radius 1 is 1.32 bits per heavy atom. The summed E-state index contributed by atoms with van der Waals surface area (Å²) in [5, 5.41) is 20.0. The molecular weight excluding hydrogens is 272 g/mol. The van der Waals surface area contributed by atoms with Gasteiger partial charge in [0.15, 0.2) is 0 Å². The smallest absolute Gasteiger partial charge is 0.0512 e. The van der Waals surface area contributed by atoms with E-state index in [1.165, 1.54) is 17.6 Å². The first-order chi connectivity index (χ1) is 10.4. The van der Waals surface area contributed by atoms with Crippen molar-refractivity contribution in [2.45, 2.75) is 52.4 Å². The number of hydrogen-bond donors (Lipinski definition) is 2. The number of aliphatic hydroxyl groups excluding tert-OH is 2. The molecule has 2 aliphatic carbocycles. The minimum Gasteiger partial charge on any atom is -0.396 e. The third-order valence-electron chi connectivity index (χ3n) is 6.60. The van der Waals surface area contributed by atoms with Gasteiger partial charge in [0, 0.05) is 5.41 Å². The first kappa shape index (κ1) is 17.5. The Labute approximate surface area is 135 Å². The SMILES string of the molecule is C=CC(C)=CCC1C(=C)CCC2C(CO)(CO)CCCC12C. The lowest BCUT2D eigenvalue weighted by molar-refractivity contribution is -0.116. The fourth-order valence-electron chi connectivity index (χ4n) is 5.14. The van der Waals surface area contributed by atoms with E-state index in [1.54, 1.807) is 0 Å². The monoisotopic (exact) mass is 304 g/mol. The summed E-state index contributed by atoms with van der Waals surface area (Å²) in [6.07, 6.45) is 10.4. The van der Waals surface area contributed by atoms with Crippen LogP contribution in [0.15, 0.2) is 36.5 Å². The number of allylic oxidation sites excluding steroid dienone is 4. The molecule has 0 saturated heterocycles. The van der Waals surface area contributed by atoms with E-state index in [2.05, 4.69) is 33.1 Å². The molecule has 2 fully saturated rings. The van der Waals surface area contributed by atoms with Gasteiger partial charge in [0.2, 0.25) is 0 Å². The van der Waals surface area contributed by atoms with Crippen LogP contribution < -0.4 is 0 Å². The Hall–Kier alpha value is -0.860. The maximum Gasteiger partial charge on any atom is 0.0512 e. The predicted octanol–water partition coefficient (Wildman–Crippen LogP) is 4.25. The molecule has 2 rings (SSSR count). The molecule has 124 valence electrons. The van der Waals surface area contributed by atoms with Gasteiger partial charge in [-0.2, -0.15) is 0 Å². The van der Waals surface area contributed by atoms with E-state index in [0.29, 0.717) is 11.8 Å². The molecule has 0 radical (unpaired) electrons. The second-order valence-electron chi connectivity index (χ2n) is 7.73. The highest BCUT2D eigenvalue weighted by molar-refractivity contribution is 5.20. The van der Waals surface area contributed by atoms with E-state index in [9.17, 15) is 10.2 Å². The van der Waals surface area contributed by atoms with E-state index in [4.69, 9.17) is 0 Å². The largest absolute Gasteiger partial charge is 0.396 e. The molecular formula is C20H32O2. The van der Waals surface area contributed by atoms with Gasteiger partial charge in [-0.15, -0.1) is 0 Å². The minimum atomic E-state index is -0.302. The Morgan fingerprint density at radius 2 is 2.00 bits per heavy atom. The van der Waals surface area contributed by atoms with Gasteiger partial charge in [0.25, 0.3) is 0 Å². The van der Waals surface area contributed by atoms with E-state index in [-0.39, 0.29) is 24.0 Å². The highest BCUT2D eigenvalue weighted by Crippen LogP contribution is 2.61. The van der Waals surface area contributed by atoms with E-state index >= 15 is 0 Å². The van der Waals surface area contributed by atoms with Gasteiger partial charge in [-0.25, -0.2) is 0 Å². The normalized spacial score (nSPS) is 35.1. The Balaban J connectivity index is 2.34. The van der Waals surface area contributed by atoms with Crippen molar-refractivity contribution in [2.24, 2.45) is 22.7 Å². The predicted molar refractivity (Wildman–Crippen MR) is 92.5 cm³/mol. The molecule has 2 nitrogen and oxygen atoms in total. The van der Waals surface area contributed by atoms with Crippen LogP contribution in [0.25, 0.3) is 0 Å². The molecule has 2 saturated carbocycles. The van der Waals surface area contributed by atoms with Gasteiger partial charge in [-0.3, -0.25) is 0 Å². The first-order valence-electron chi connectivity index (χ1n) is 8.62. The van der Waals surface area contributed by atoms with E-state index < -0.39 is 0 Å². The van der Waals surface area contributed by atoms with Gasteiger partial charge >= 0.3 is 0 Å². The minimum absolute atomic E-state index is 0.102. The summed E-state index contributed by atoms with van der Waals surface area (Å²) in [5.41, 5.74) is 2.39. The third kappa shape index (κ3) is 2.83. The van der Waals surface area contributed by atoms with Crippen molar-refractivity contribution in [3.63, 3.8) is 0 Å². The van der Waals surface area contributed by atoms with Gasteiger partial charge in [-0.1, -0.05) is 49.8 Å². The van der Waals surface area contributed by atoms with Crippen molar-refractivity contribution in [3.8, 4) is 0 Å². The molecule has 0 heterocycles. The maximum absolute atomic E-state index is 10.00. The fourth-order valence-corrected chi connectivity index (χ4v) is 5.14. The van der Waals surface area contributed by atoms with Crippen LogP contribution in [0.5, 0.6) is 0 Å². The quantitative estimate of drug-likeness (QED) is 0.589. The Bertz CT molecular complexity index is 458. The van der Waals surface area contributed by atoms with Crippen molar-refractivity contribution in [1.29, 1.82) is 0 Å². The molecule has 0 aliphatic heterocycles. The first-order valence-corrected chi connectivity index (χ1v) is 8.62. The van der Waals surface area contributed by atoms with Crippen LogP contribution in [0.2, 0.25) is 0 Å². The second kappa shape index (κ2) is 6.72. The summed E-state index contributed by atoms with van der Waals surface area (Å²) < 4.78 is 0. The van der Waals surface area contributed by atoms with Crippen molar-refractivity contribution in [1.82, 2.24) is 0 Å². The molecule has 0 spiro atoms. The van der Waals surface area contributed by atoms with E-state index in [0.717, 1.165) is 32.1 Å². The van der Waals surface area contributed by atoms with Crippen molar-refractivity contribution in [3.05, 3.63) is 36.5 Å². The molecule has 0 aromatic carbocycles. The molecule has 2 heteroatoms. The lowest BCUT2D eigenvalue weighted by Crippen LogP contribution is -2.54. The topological polar surface area (TPSA) is 40.5 Å². The van der Waals surface area contributed by atoms with Crippen LogP contribution in [0.4, 0.5) is 0 Å². The molecule has 3 atom stereocenters. The zero-order chi connectivity index (χ0) is 16.4. The van der Waals surface area contributed by atoms with Crippen LogP contribution in [0.3, 0.4) is 0 Å². The summed E-state index contributed by atoms with van der Waals surface area (Å²) in [4.78, 5) is 0. The van der Waals surface area contributed by atoms with Crippen molar-refractivity contribution in [2.75, 3.05) is 13.2 Å². The molecule has 0 aromatic rings. The third-order valence-corrected chi connectivity index (χ3v) is 6.60. The molecule has 3 unspecified atom stereocenters. The fraction of sp³-hybridized carbons (Fsp3) is 0.700. The van der Waals surface area contributed by atoms with Crippen LogP contribution in [-0.2, 0) is 0 Å². The Kier molecular flexibility index (Phi) is 5.34. The van der Waals surface area contributed by atoms with Crippen molar-refractivity contribution >= 4 is 0 Å². The van der Waals surface area contributed by atoms with Crippen molar-refractivity contribution < 1.29 is 10.2 Å². The van der Waals surface area contributed by atoms with Crippen LogP contribution in [0, 0.1) is 22.7 Å².